The monoisotopic (exact) mass is 373 g/mol. The molecule has 1 amide bonds. The first-order chi connectivity index (χ1) is 12.9. The van der Waals surface area contributed by atoms with Crippen LogP contribution in [0.15, 0.2) is 30.3 Å². The Labute approximate surface area is 158 Å². The largest absolute Gasteiger partial charge is 0.493 e. The van der Waals surface area contributed by atoms with E-state index in [1.165, 1.54) is 21.3 Å². The highest BCUT2D eigenvalue weighted by Crippen LogP contribution is 2.41. The normalized spacial score (nSPS) is 12.5. The molecule has 0 fully saturated rings. The highest BCUT2D eigenvalue weighted by Gasteiger charge is 2.32. The van der Waals surface area contributed by atoms with Gasteiger partial charge in [-0.2, -0.15) is 0 Å². The number of hydrogen-bond donors (Lipinski definition) is 1. The lowest BCUT2D eigenvalue weighted by Crippen LogP contribution is -2.34. The topological polar surface area (TPSA) is 75.3 Å². The van der Waals surface area contributed by atoms with Gasteiger partial charge in [-0.25, -0.2) is 0 Å². The van der Waals surface area contributed by atoms with Crippen molar-refractivity contribution in [3.8, 4) is 28.7 Å². The number of nitrogens with one attached hydrogen (secondary N) is 1. The average Bonchev–Trinajstić information content (AvgIpc) is 3.14. The fourth-order valence-electron chi connectivity index (χ4n) is 2.86. The molecule has 0 radical (unpaired) electrons. The van der Waals surface area contributed by atoms with Crippen molar-refractivity contribution >= 4 is 11.6 Å². The minimum Gasteiger partial charge on any atom is -0.493 e. The van der Waals surface area contributed by atoms with Crippen LogP contribution < -0.4 is 29.0 Å². The number of benzene rings is 2. The van der Waals surface area contributed by atoms with Crippen LogP contribution in [0.3, 0.4) is 0 Å². The van der Waals surface area contributed by atoms with Crippen molar-refractivity contribution in [2.45, 2.75) is 19.3 Å². The Morgan fingerprint density at radius 3 is 2.19 bits per heavy atom. The highest BCUT2D eigenvalue weighted by molar-refractivity contribution is 5.99. The molecule has 1 N–H and O–H groups in total. The third-order valence-electron chi connectivity index (χ3n) is 4.58. The molecule has 0 aliphatic carbocycles. The van der Waals surface area contributed by atoms with Crippen LogP contribution in [0, 0.1) is 0 Å². The van der Waals surface area contributed by atoms with Crippen LogP contribution in [0.2, 0.25) is 0 Å². The number of carbonyl (C=O) groups is 1. The Balaban J connectivity index is 1.88. The van der Waals surface area contributed by atoms with Gasteiger partial charge < -0.3 is 29.0 Å². The number of carbonyl (C=O) groups excluding carboxylic acids is 1. The Kier molecular flexibility index (Phi) is 5.03. The quantitative estimate of drug-likeness (QED) is 0.837. The van der Waals surface area contributed by atoms with E-state index in [0.29, 0.717) is 34.4 Å². The first-order valence-corrected chi connectivity index (χ1v) is 8.42. The van der Waals surface area contributed by atoms with Crippen molar-refractivity contribution < 1.29 is 28.5 Å². The van der Waals surface area contributed by atoms with Crippen molar-refractivity contribution in [1.82, 2.24) is 0 Å². The summed E-state index contributed by atoms with van der Waals surface area (Å²) in [6.45, 7) is 3.88. The van der Waals surface area contributed by atoms with Gasteiger partial charge in [-0.15, -0.1) is 0 Å². The maximum Gasteiger partial charge on any atom is 0.234 e. The van der Waals surface area contributed by atoms with Gasteiger partial charge in [0, 0.05) is 17.8 Å². The lowest BCUT2D eigenvalue weighted by molar-refractivity contribution is -0.120. The molecule has 1 aliphatic heterocycles. The standard InChI is InChI=1S/C20H23NO6/c1-20(2,12-6-7-14-15(8-12)27-11-26-14)19(22)21-13-9-16(23-3)18(25-5)17(10-13)24-4/h6-10H,11H2,1-5H3,(H,21,22). The van der Waals surface area contributed by atoms with Gasteiger partial charge in [0.05, 0.1) is 26.7 Å². The summed E-state index contributed by atoms with van der Waals surface area (Å²) in [5.41, 5.74) is 0.557. The van der Waals surface area contributed by atoms with E-state index in [9.17, 15) is 4.79 Å². The molecule has 0 saturated carbocycles. The second kappa shape index (κ2) is 7.26. The minimum absolute atomic E-state index is 0.185. The molecule has 3 rings (SSSR count). The summed E-state index contributed by atoms with van der Waals surface area (Å²) in [6, 6.07) is 8.88. The fourth-order valence-corrected chi connectivity index (χ4v) is 2.86. The van der Waals surface area contributed by atoms with Gasteiger partial charge in [-0.1, -0.05) is 6.07 Å². The van der Waals surface area contributed by atoms with Crippen LogP contribution in [0.1, 0.15) is 19.4 Å². The van der Waals surface area contributed by atoms with Crippen LogP contribution in [-0.4, -0.2) is 34.0 Å². The minimum atomic E-state index is -0.804. The first kappa shape index (κ1) is 18.7. The molecule has 0 unspecified atom stereocenters. The van der Waals surface area contributed by atoms with Gasteiger partial charge in [0.25, 0.3) is 0 Å². The van der Waals surface area contributed by atoms with E-state index in [1.807, 2.05) is 32.0 Å². The molecular formula is C20H23NO6. The number of fused-ring (bicyclic) bond motifs is 1. The molecular weight excluding hydrogens is 350 g/mol. The number of ether oxygens (including phenoxy) is 5. The van der Waals surface area contributed by atoms with E-state index in [-0.39, 0.29) is 12.7 Å². The first-order valence-electron chi connectivity index (χ1n) is 8.42. The number of methoxy groups -OCH3 is 3. The van der Waals surface area contributed by atoms with E-state index >= 15 is 0 Å². The van der Waals surface area contributed by atoms with Crippen LogP contribution in [0.25, 0.3) is 0 Å². The Morgan fingerprint density at radius 1 is 0.963 bits per heavy atom. The SMILES string of the molecule is COc1cc(NC(=O)C(C)(C)c2ccc3c(c2)OCO3)cc(OC)c1OC. The van der Waals surface area contributed by atoms with Crippen LogP contribution in [-0.2, 0) is 10.2 Å². The molecule has 0 bridgehead atoms. The predicted octanol–water partition coefficient (Wildman–Crippen LogP) is 3.36. The Bertz CT molecular complexity index is 837. The number of anilines is 1. The van der Waals surface area contributed by atoms with E-state index in [0.717, 1.165) is 5.56 Å². The van der Waals surface area contributed by atoms with Crippen molar-refractivity contribution in [3.05, 3.63) is 35.9 Å². The van der Waals surface area contributed by atoms with Crippen LogP contribution in [0.5, 0.6) is 28.7 Å². The lowest BCUT2D eigenvalue weighted by Gasteiger charge is -2.25. The van der Waals surface area contributed by atoms with E-state index in [2.05, 4.69) is 5.32 Å². The third kappa shape index (κ3) is 3.45. The molecule has 1 heterocycles. The summed E-state index contributed by atoms with van der Waals surface area (Å²) in [6.07, 6.45) is 0. The van der Waals surface area contributed by atoms with Crippen molar-refractivity contribution in [1.29, 1.82) is 0 Å². The molecule has 27 heavy (non-hydrogen) atoms. The predicted molar refractivity (Wildman–Crippen MR) is 100 cm³/mol. The molecule has 144 valence electrons. The summed E-state index contributed by atoms with van der Waals surface area (Å²) < 4.78 is 26.7. The zero-order chi connectivity index (χ0) is 19.6. The summed E-state index contributed by atoms with van der Waals surface area (Å²) in [4.78, 5) is 13.0. The molecule has 2 aromatic rings. The summed E-state index contributed by atoms with van der Waals surface area (Å²) in [5, 5.41) is 2.92. The summed E-state index contributed by atoms with van der Waals surface area (Å²) in [7, 11) is 4.58. The van der Waals surface area contributed by atoms with Gasteiger partial charge in [0.1, 0.15) is 0 Å². The van der Waals surface area contributed by atoms with E-state index < -0.39 is 5.41 Å². The molecule has 7 nitrogen and oxygen atoms in total. The lowest BCUT2D eigenvalue weighted by atomic mass is 9.83. The maximum absolute atomic E-state index is 13.0. The fraction of sp³-hybridized carbons (Fsp3) is 0.350. The van der Waals surface area contributed by atoms with Gasteiger partial charge in [-0.05, 0) is 31.5 Å². The molecule has 0 saturated heterocycles. The number of rotatable bonds is 6. The van der Waals surface area contributed by atoms with E-state index in [4.69, 9.17) is 23.7 Å². The van der Waals surface area contributed by atoms with E-state index in [1.54, 1.807) is 12.1 Å². The average molecular weight is 373 g/mol. The zero-order valence-corrected chi connectivity index (χ0v) is 16.0. The maximum atomic E-state index is 13.0. The molecule has 7 heteroatoms. The summed E-state index contributed by atoms with van der Waals surface area (Å²) in [5.74, 6) is 2.53. The Morgan fingerprint density at radius 2 is 1.59 bits per heavy atom. The second-order valence-corrected chi connectivity index (χ2v) is 6.56. The van der Waals surface area contributed by atoms with Gasteiger partial charge in [0.2, 0.25) is 18.4 Å². The number of amides is 1. The smallest absolute Gasteiger partial charge is 0.234 e. The molecule has 0 atom stereocenters. The molecule has 0 aromatic heterocycles. The van der Waals surface area contributed by atoms with Crippen molar-refractivity contribution in [2.75, 3.05) is 33.4 Å². The van der Waals surface area contributed by atoms with Gasteiger partial charge >= 0.3 is 0 Å². The van der Waals surface area contributed by atoms with Crippen molar-refractivity contribution in [3.63, 3.8) is 0 Å². The second-order valence-electron chi connectivity index (χ2n) is 6.56. The van der Waals surface area contributed by atoms with Crippen molar-refractivity contribution in [2.24, 2.45) is 0 Å². The van der Waals surface area contributed by atoms with Gasteiger partial charge in [-0.3, -0.25) is 4.79 Å². The van der Waals surface area contributed by atoms with Crippen LogP contribution >= 0.6 is 0 Å². The molecule has 1 aliphatic rings. The zero-order valence-electron chi connectivity index (χ0n) is 16.0. The highest BCUT2D eigenvalue weighted by atomic mass is 16.7. The van der Waals surface area contributed by atoms with Gasteiger partial charge in [0.15, 0.2) is 23.0 Å². The summed E-state index contributed by atoms with van der Waals surface area (Å²) >= 11 is 0. The molecule has 2 aromatic carbocycles. The third-order valence-corrected chi connectivity index (χ3v) is 4.58. The molecule has 0 spiro atoms. The van der Waals surface area contributed by atoms with Crippen LogP contribution in [0.4, 0.5) is 5.69 Å². The number of hydrogen-bond acceptors (Lipinski definition) is 6. The Hall–Kier alpha value is -3.09.